The Labute approximate surface area is 171 Å². The highest BCUT2D eigenvalue weighted by Crippen LogP contribution is 2.17. The second-order valence-electron chi connectivity index (χ2n) is 7.47. The highest BCUT2D eigenvalue weighted by atomic mass is 32.2. The van der Waals surface area contributed by atoms with Crippen molar-refractivity contribution in [1.29, 1.82) is 0 Å². The summed E-state index contributed by atoms with van der Waals surface area (Å²) in [6.45, 7) is 2.42. The molecule has 1 aliphatic heterocycles. The van der Waals surface area contributed by atoms with Gasteiger partial charge in [-0.25, -0.2) is 17.1 Å². The van der Waals surface area contributed by atoms with Crippen LogP contribution in [0.25, 0.3) is 0 Å². The Balaban J connectivity index is 1.55. The Morgan fingerprint density at radius 1 is 1.14 bits per heavy atom. The van der Waals surface area contributed by atoms with Crippen molar-refractivity contribution in [3.63, 3.8) is 0 Å². The first-order valence-corrected chi connectivity index (χ1v) is 11.0. The van der Waals surface area contributed by atoms with Gasteiger partial charge in [0.1, 0.15) is 5.82 Å². The molecular formula is C21H26FN3O3S. The van der Waals surface area contributed by atoms with Gasteiger partial charge < -0.3 is 5.32 Å². The second-order valence-corrected chi connectivity index (χ2v) is 9.62. The van der Waals surface area contributed by atoms with Crippen molar-refractivity contribution >= 4 is 15.9 Å². The molecule has 8 heteroatoms. The topological polar surface area (TPSA) is 69.7 Å². The monoisotopic (exact) mass is 419 g/mol. The molecule has 6 nitrogen and oxygen atoms in total. The van der Waals surface area contributed by atoms with Gasteiger partial charge in [0, 0.05) is 45.3 Å². The number of carbonyl (C=O) groups is 1. The number of nitrogens with zero attached hydrogens (tertiary/aromatic N) is 2. The van der Waals surface area contributed by atoms with Crippen LogP contribution in [-0.2, 0) is 16.6 Å². The molecule has 2 aromatic rings. The largest absolute Gasteiger partial charge is 0.349 e. The van der Waals surface area contributed by atoms with E-state index in [-0.39, 0.29) is 22.7 Å². The lowest BCUT2D eigenvalue weighted by atomic mass is 10.0. The van der Waals surface area contributed by atoms with Crippen LogP contribution in [0, 0.1) is 5.82 Å². The van der Waals surface area contributed by atoms with E-state index in [9.17, 15) is 17.6 Å². The third kappa shape index (κ3) is 5.41. The second kappa shape index (κ2) is 9.02. The molecule has 1 fully saturated rings. The Hall–Kier alpha value is -2.29. The van der Waals surface area contributed by atoms with Crippen molar-refractivity contribution in [2.45, 2.75) is 30.3 Å². The van der Waals surface area contributed by atoms with Gasteiger partial charge in [-0.15, -0.1) is 0 Å². The summed E-state index contributed by atoms with van der Waals surface area (Å²) in [6, 6.07) is 12.6. The van der Waals surface area contributed by atoms with Crippen molar-refractivity contribution in [2.75, 3.05) is 27.2 Å². The van der Waals surface area contributed by atoms with E-state index in [1.54, 1.807) is 24.3 Å². The normalized spacial score (nSPS) is 16.1. The minimum absolute atomic E-state index is 0.0427. The van der Waals surface area contributed by atoms with Crippen LogP contribution in [0.15, 0.2) is 53.4 Å². The molecule has 1 aliphatic rings. The van der Waals surface area contributed by atoms with E-state index in [1.165, 1.54) is 38.4 Å². The van der Waals surface area contributed by atoms with Gasteiger partial charge in [-0.2, -0.15) is 0 Å². The van der Waals surface area contributed by atoms with Crippen LogP contribution in [0.3, 0.4) is 0 Å². The van der Waals surface area contributed by atoms with E-state index < -0.39 is 10.0 Å². The number of halogens is 1. The quantitative estimate of drug-likeness (QED) is 0.781. The fraction of sp³-hybridized carbons (Fsp3) is 0.381. The molecule has 29 heavy (non-hydrogen) atoms. The molecule has 0 unspecified atom stereocenters. The average molecular weight is 420 g/mol. The minimum Gasteiger partial charge on any atom is -0.349 e. The molecule has 1 heterocycles. The van der Waals surface area contributed by atoms with Crippen LogP contribution >= 0.6 is 0 Å². The number of nitrogens with one attached hydrogen (secondary N) is 1. The summed E-state index contributed by atoms with van der Waals surface area (Å²) in [7, 11) is -0.662. The van der Waals surface area contributed by atoms with Crippen molar-refractivity contribution in [1.82, 2.24) is 14.5 Å². The number of sulfonamides is 1. The molecule has 0 aliphatic carbocycles. The predicted molar refractivity (Wildman–Crippen MR) is 109 cm³/mol. The summed E-state index contributed by atoms with van der Waals surface area (Å²) in [5.74, 6) is -0.504. The fourth-order valence-corrected chi connectivity index (χ4v) is 4.31. The molecule has 1 saturated heterocycles. The molecular weight excluding hydrogens is 393 g/mol. The maximum atomic E-state index is 13.0. The average Bonchev–Trinajstić information content (AvgIpc) is 2.71. The van der Waals surface area contributed by atoms with Gasteiger partial charge in [-0.3, -0.25) is 9.69 Å². The van der Waals surface area contributed by atoms with Crippen LogP contribution < -0.4 is 5.32 Å². The van der Waals surface area contributed by atoms with E-state index in [4.69, 9.17) is 0 Å². The van der Waals surface area contributed by atoms with Gasteiger partial charge in [0.15, 0.2) is 0 Å². The first kappa shape index (κ1) is 21.4. The number of rotatable bonds is 6. The summed E-state index contributed by atoms with van der Waals surface area (Å²) >= 11 is 0. The first-order valence-electron chi connectivity index (χ1n) is 9.56. The van der Waals surface area contributed by atoms with Crippen LogP contribution in [0.5, 0.6) is 0 Å². The minimum atomic E-state index is -3.58. The fourth-order valence-electron chi connectivity index (χ4n) is 3.36. The van der Waals surface area contributed by atoms with Gasteiger partial charge in [-0.1, -0.05) is 18.2 Å². The zero-order valence-electron chi connectivity index (χ0n) is 16.6. The third-order valence-corrected chi connectivity index (χ3v) is 6.93. The van der Waals surface area contributed by atoms with Crippen LogP contribution in [0.4, 0.5) is 4.39 Å². The van der Waals surface area contributed by atoms with Gasteiger partial charge in [0.05, 0.1) is 4.90 Å². The van der Waals surface area contributed by atoms with Crippen LogP contribution in [-0.4, -0.2) is 56.8 Å². The van der Waals surface area contributed by atoms with Crippen LogP contribution in [0.1, 0.15) is 28.8 Å². The van der Waals surface area contributed by atoms with Crippen LogP contribution in [0.2, 0.25) is 0 Å². The number of benzene rings is 2. The number of likely N-dealkylation sites (tertiary alicyclic amines) is 1. The molecule has 1 N–H and O–H groups in total. The van der Waals surface area contributed by atoms with Gasteiger partial charge in [-0.05, 0) is 48.7 Å². The van der Waals surface area contributed by atoms with E-state index in [0.29, 0.717) is 5.56 Å². The van der Waals surface area contributed by atoms with E-state index in [1.807, 2.05) is 0 Å². The molecule has 0 aromatic heterocycles. The number of piperidine rings is 1. The summed E-state index contributed by atoms with van der Waals surface area (Å²) < 4.78 is 38.7. The van der Waals surface area contributed by atoms with Crippen molar-refractivity contribution in [3.8, 4) is 0 Å². The smallest absolute Gasteiger partial charge is 0.251 e. The number of hydrogen-bond donors (Lipinski definition) is 1. The summed E-state index contributed by atoms with van der Waals surface area (Å²) in [5, 5.41) is 3.01. The Morgan fingerprint density at radius 3 is 2.41 bits per heavy atom. The van der Waals surface area contributed by atoms with Gasteiger partial charge >= 0.3 is 0 Å². The number of carbonyl (C=O) groups excluding carboxylic acids is 1. The highest BCUT2D eigenvalue weighted by molar-refractivity contribution is 7.89. The zero-order valence-corrected chi connectivity index (χ0v) is 17.5. The van der Waals surface area contributed by atoms with Crippen molar-refractivity contribution in [3.05, 3.63) is 65.5 Å². The maximum Gasteiger partial charge on any atom is 0.251 e. The molecule has 0 spiro atoms. The number of amides is 1. The maximum absolute atomic E-state index is 13.0. The summed E-state index contributed by atoms with van der Waals surface area (Å²) in [5.41, 5.74) is 1.40. The standard InChI is InChI=1S/C21H26FN3O3S/c1-24(2)29(27,28)20-5-3-4-17(14-20)21(26)23-19-10-12-25(13-11-19)15-16-6-8-18(22)9-7-16/h3-9,14,19H,10-13,15H2,1-2H3,(H,23,26). The SMILES string of the molecule is CN(C)S(=O)(=O)c1cccc(C(=O)NC2CCN(Cc3ccc(F)cc3)CC2)c1. The molecule has 3 rings (SSSR count). The molecule has 0 radical (unpaired) electrons. The Morgan fingerprint density at radius 2 is 1.79 bits per heavy atom. The number of hydrogen-bond acceptors (Lipinski definition) is 4. The van der Waals surface area contributed by atoms with Gasteiger partial charge in [0.2, 0.25) is 10.0 Å². The van der Waals surface area contributed by atoms with E-state index in [2.05, 4.69) is 10.2 Å². The molecule has 156 valence electrons. The Kier molecular flexibility index (Phi) is 6.66. The first-order chi connectivity index (χ1) is 13.8. The Bertz CT molecular complexity index is 953. The van der Waals surface area contributed by atoms with E-state index in [0.717, 1.165) is 42.3 Å². The van der Waals surface area contributed by atoms with Crippen molar-refractivity contribution in [2.24, 2.45) is 0 Å². The highest BCUT2D eigenvalue weighted by Gasteiger charge is 2.23. The molecule has 1 amide bonds. The lowest BCUT2D eigenvalue weighted by Crippen LogP contribution is -2.44. The lowest BCUT2D eigenvalue weighted by Gasteiger charge is -2.32. The molecule has 0 atom stereocenters. The summed E-state index contributed by atoms with van der Waals surface area (Å²) in [4.78, 5) is 15.0. The molecule has 0 saturated carbocycles. The molecule has 0 bridgehead atoms. The lowest BCUT2D eigenvalue weighted by molar-refractivity contribution is 0.0908. The van der Waals surface area contributed by atoms with Crippen molar-refractivity contribution < 1.29 is 17.6 Å². The van der Waals surface area contributed by atoms with Gasteiger partial charge in [0.25, 0.3) is 5.91 Å². The third-order valence-electron chi connectivity index (χ3n) is 5.12. The molecule has 2 aromatic carbocycles. The zero-order chi connectivity index (χ0) is 21.0. The van der Waals surface area contributed by atoms with E-state index >= 15 is 0 Å². The summed E-state index contributed by atoms with van der Waals surface area (Å²) in [6.07, 6.45) is 1.62. The predicted octanol–water partition coefficient (Wildman–Crippen LogP) is 2.47.